The Labute approximate surface area is 207 Å². The van der Waals surface area contributed by atoms with E-state index in [0.29, 0.717) is 38.5 Å². The first kappa shape index (κ1) is 27.1. The lowest BCUT2D eigenvalue weighted by Gasteiger charge is -2.24. The molecule has 2 aromatic heterocycles. The summed E-state index contributed by atoms with van der Waals surface area (Å²) >= 11 is 0. The minimum absolute atomic E-state index is 0.0131. The normalized spacial score (nSPS) is 13.9. The molecule has 1 aromatic carbocycles. The number of imidazole rings is 1. The van der Waals surface area contributed by atoms with Gasteiger partial charge in [-0.3, -0.25) is 4.79 Å². The van der Waals surface area contributed by atoms with Crippen molar-refractivity contribution in [1.29, 1.82) is 0 Å². The quantitative estimate of drug-likeness (QED) is 0.434. The molecule has 0 saturated heterocycles. The van der Waals surface area contributed by atoms with Gasteiger partial charge in [0, 0.05) is 44.6 Å². The van der Waals surface area contributed by atoms with Crippen molar-refractivity contribution in [2.24, 2.45) is 12.5 Å². The average Bonchev–Trinajstić information content (AvgIpc) is 3.14. The molecule has 8 heteroatoms. The minimum atomic E-state index is -0.536. The van der Waals surface area contributed by atoms with E-state index >= 15 is 0 Å². The van der Waals surface area contributed by atoms with Crippen molar-refractivity contribution in [3.8, 4) is 11.4 Å². The van der Waals surface area contributed by atoms with E-state index in [1.807, 2.05) is 19.2 Å². The first-order valence-corrected chi connectivity index (χ1v) is 12.1. The molecule has 0 radical (unpaired) electrons. The van der Waals surface area contributed by atoms with Crippen molar-refractivity contribution < 1.29 is 14.6 Å². The Bertz CT molecular complexity index is 1160. The summed E-state index contributed by atoms with van der Waals surface area (Å²) in [5.74, 6) is 0.804. The third-order valence-corrected chi connectivity index (χ3v) is 5.94. The van der Waals surface area contributed by atoms with Crippen LogP contribution in [0.2, 0.25) is 0 Å². The second-order valence-corrected chi connectivity index (χ2v) is 10.5. The number of pyridine rings is 1. The molecule has 8 nitrogen and oxygen atoms in total. The van der Waals surface area contributed by atoms with Gasteiger partial charge >= 0.3 is 0 Å². The maximum absolute atomic E-state index is 12.2. The molecule has 0 spiro atoms. The van der Waals surface area contributed by atoms with Gasteiger partial charge < -0.3 is 29.0 Å². The highest BCUT2D eigenvalue weighted by Crippen LogP contribution is 2.26. The minimum Gasteiger partial charge on any atom is -0.392 e. The molecule has 0 aliphatic carbocycles. The number of nitrogens with one attached hydrogen (secondary N) is 1. The van der Waals surface area contributed by atoms with Gasteiger partial charge in [0.05, 0.1) is 43.0 Å². The zero-order valence-electron chi connectivity index (χ0n) is 22.1. The summed E-state index contributed by atoms with van der Waals surface area (Å²) in [7, 11) is 3.44. The molecule has 0 fully saturated rings. The van der Waals surface area contributed by atoms with Gasteiger partial charge in [0.25, 0.3) is 5.56 Å². The summed E-state index contributed by atoms with van der Waals surface area (Å²) < 4.78 is 14.9. The van der Waals surface area contributed by atoms with Crippen LogP contribution in [0.15, 0.2) is 35.3 Å². The van der Waals surface area contributed by atoms with Crippen LogP contribution in [0.1, 0.15) is 38.8 Å². The van der Waals surface area contributed by atoms with E-state index in [0.717, 1.165) is 28.0 Å². The maximum atomic E-state index is 12.2. The van der Waals surface area contributed by atoms with Gasteiger partial charge in [-0.25, -0.2) is 4.98 Å². The lowest BCUT2D eigenvalue weighted by Crippen LogP contribution is -2.42. The van der Waals surface area contributed by atoms with Crippen molar-refractivity contribution in [3.63, 3.8) is 0 Å². The largest absolute Gasteiger partial charge is 0.392 e. The van der Waals surface area contributed by atoms with Crippen molar-refractivity contribution in [1.82, 2.24) is 19.4 Å². The zero-order valence-corrected chi connectivity index (χ0v) is 22.1. The van der Waals surface area contributed by atoms with Crippen LogP contribution in [0.25, 0.3) is 22.4 Å². The van der Waals surface area contributed by atoms with E-state index in [9.17, 15) is 9.90 Å². The van der Waals surface area contributed by atoms with Crippen LogP contribution in [0, 0.1) is 12.3 Å². The van der Waals surface area contributed by atoms with Crippen LogP contribution in [0.4, 0.5) is 0 Å². The Morgan fingerprint density at radius 1 is 1.23 bits per heavy atom. The van der Waals surface area contributed by atoms with E-state index in [1.54, 1.807) is 25.6 Å². The molecule has 0 aliphatic rings. The van der Waals surface area contributed by atoms with Gasteiger partial charge in [0.1, 0.15) is 5.82 Å². The molecule has 0 bridgehead atoms. The molecule has 3 aromatic rings. The molecule has 2 heterocycles. The number of hydrogen-bond donors (Lipinski definition) is 2. The summed E-state index contributed by atoms with van der Waals surface area (Å²) in [5.41, 5.74) is 4.59. The summed E-state index contributed by atoms with van der Waals surface area (Å²) in [4.78, 5) is 17.1. The molecule has 0 saturated carbocycles. The van der Waals surface area contributed by atoms with Crippen LogP contribution in [-0.2, 0) is 29.6 Å². The monoisotopic (exact) mass is 484 g/mol. The Hall–Kier alpha value is -2.52. The Morgan fingerprint density at radius 2 is 1.97 bits per heavy atom. The zero-order chi connectivity index (χ0) is 25.8. The van der Waals surface area contributed by atoms with Gasteiger partial charge in [-0.15, -0.1) is 0 Å². The SMILES string of the molecule is COCCn1c(-c2cc(C)c(=O)n(C)c2)nc2cc(CNC(COCC(C)(C)C)[C@@H](C)O)ccc21. The van der Waals surface area contributed by atoms with E-state index in [2.05, 4.69) is 48.9 Å². The molecule has 0 aliphatic heterocycles. The lowest BCUT2D eigenvalue weighted by molar-refractivity contribution is 0.0242. The number of aliphatic hydroxyl groups is 1. The van der Waals surface area contributed by atoms with Crippen LogP contribution < -0.4 is 10.9 Å². The number of aromatic nitrogens is 3. The first-order valence-electron chi connectivity index (χ1n) is 12.1. The van der Waals surface area contributed by atoms with Gasteiger partial charge in [0.15, 0.2) is 0 Å². The topological polar surface area (TPSA) is 90.5 Å². The highest BCUT2D eigenvalue weighted by atomic mass is 16.5. The summed E-state index contributed by atoms with van der Waals surface area (Å²) in [6.45, 7) is 12.9. The molecule has 2 atom stereocenters. The average molecular weight is 485 g/mol. The number of aliphatic hydroxyl groups excluding tert-OH is 1. The predicted molar refractivity (Wildman–Crippen MR) is 140 cm³/mol. The van der Waals surface area contributed by atoms with Gasteiger partial charge in [0.2, 0.25) is 0 Å². The number of aryl methyl sites for hydroxylation is 2. The van der Waals surface area contributed by atoms with Gasteiger partial charge in [-0.2, -0.15) is 0 Å². The van der Waals surface area contributed by atoms with Crippen LogP contribution in [0.5, 0.6) is 0 Å². The number of ether oxygens (including phenoxy) is 2. The fraction of sp³-hybridized carbons (Fsp3) is 0.556. The fourth-order valence-electron chi connectivity index (χ4n) is 4.02. The summed E-state index contributed by atoms with van der Waals surface area (Å²) in [6.07, 6.45) is 1.29. The van der Waals surface area contributed by atoms with Crippen molar-refractivity contribution in [3.05, 3.63) is 51.9 Å². The molecule has 192 valence electrons. The van der Waals surface area contributed by atoms with E-state index in [-0.39, 0.29) is 17.0 Å². The Balaban J connectivity index is 1.86. The van der Waals surface area contributed by atoms with Crippen molar-refractivity contribution in [2.75, 3.05) is 26.9 Å². The number of methoxy groups -OCH3 is 1. The third kappa shape index (κ3) is 7.01. The molecule has 3 rings (SSSR count). The maximum Gasteiger partial charge on any atom is 0.253 e. The highest BCUT2D eigenvalue weighted by molar-refractivity contribution is 5.81. The first-order chi connectivity index (χ1) is 16.5. The number of hydrogen-bond acceptors (Lipinski definition) is 6. The molecule has 0 amide bonds. The third-order valence-electron chi connectivity index (χ3n) is 5.94. The predicted octanol–water partition coefficient (Wildman–Crippen LogP) is 3.26. The van der Waals surface area contributed by atoms with E-state index < -0.39 is 6.10 Å². The van der Waals surface area contributed by atoms with Crippen LogP contribution in [-0.4, -0.2) is 58.3 Å². The van der Waals surface area contributed by atoms with Crippen LogP contribution in [0.3, 0.4) is 0 Å². The molecular formula is C27H40N4O4. The van der Waals surface area contributed by atoms with Crippen LogP contribution >= 0.6 is 0 Å². The van der Waals surface area contributed by atoms with Crippen molar-refractivity contribution >= 4 is 11.0 Å². The number of nitrogens with zero attached hydrogens (tertiary/aromatic N) is 3. The summed E-state index contributed by atoms with van der Waals surface area (Å²) in [5, 5.41) is 13.6. The van der Waals surface area contributed by atoms with Crippen molar-refractivity contribution in [2.45, 2.75) is 59.9 Å². The smallest absolute Gasteiger partial charge is 0.253 e. The Kier molecular flexibility index (Phi) is 8.88. The van der Waals surface area contributed by atoms with Gasteiger partial charge in [-0.05, 0) is 43.0 Å². The Morgan fingerprint density at radius 3 is 2.60 bits per heavy atom. The number of rotatable bonds is 11. The fourth-order valence-corrected chi connectivity index (χ4v) is 4.02. The lowest BCUT2D eigenvalue weighted by atomic mass is 9.99. The number of benzene rings is 1. The molecule has 2 N–H and O–H groups in total. The van der Waals surface area contributed by atoms with E-state index in [4.69, 9.17) is 14.5 Å². The second kappa shape index (κ2) is 11.5. The number of fused-ring (bicyclic) bond motifs is 1. The highest BCUT2D eigenvalue weighted by Gasteiger charge is 2.18. The standard InChI is InChI=1S/C27H40N4O4/c1-18-12-21(15-30(6)26(18)33)25-29-22-13-20(8-9-24(22)31(25)10-11-34-7)14-28-23(19(2)32)16-35-17-27(3,4)5/h8-9,12-13,15,19,23,28,32H,10-11,14,16-17H2,1-7H3/t19-,23?/m1/s1. The van der Waals surface area contributed by atoms with Gasteiger partial charge in [-0.1, -0.05) is 26.8 Å². The van der Waals surface area contributed by atoms with E-state index in [1.165, 1.54) is 0 Å². The molecular weight excluding hydrogens is 444 g/mol. The molecule has 1 unspecified atom stereocenters. The summed E-state index contributed by atoms with van der Waals surface area (Å²) in [6, 6.07) is 7.93. The second-order valence-electron chi connectivity index (χ2n) is 10.5. The molecule has 35 heavy (non-hydrogen) atoms.